The van der Waals surface area contributed by atoms with E-state index in [-0.39, 0.29) is 18.0 Å². The van der Waals surface area contributed by atoms with Crippen molar-refractivity contribution < 1.29 is 9.50 Å². The first kappa shape index (κ1) is 12.4. The highest BCUT2D eigenvalue weighted by atomic mass is 19.1. The Labute approximate surface area is 111 Å². The van der Waals surface area contributed by atoms with Gasteiger partial charge in [-0.2, -0.15) is 5.10 Å². The van der Waals surface area contributed by atoms with E-state index in [4.69, 9.17) is 0 Å². The fraction of sp³-hybridized carbons (Fsp3) is 0.400. The highest BCUT2D eigenvalue weighted by Gasteiger charge is 2.25. The number of aromatic nitrogens is 2. The maximum Gasteiger partial charge on any atom is 0.123 e. The van der Waals surface area contributed by atoms with Gasteiger partial charge in [0.25, 0.3) is 0 Å². The maximum absolute atomic E-state index is 13.2. The van der Waals surface area contributed by atoms with Crippen molar-refractivity contribution in [3.05, 3.63) is 42.5 Å². The van der Waals surface area contributed by atoms with E-state index < -0.39 is 0 Å². The Kier molecular flexibility index (Phi) is 3.34. The van der Waals surface area contributed by atoms with Crippen molar-refractivity contribution in [2.75, 3.05) is 0 Å². The standard InChI is InChI=1S/C15H17FN2O/c16-13-5-3-4-11(8-13)12-9-17-18(10-12)14-6-1-2-7-15(14)19/h3-5,8-10,14-15,19H,1-2,6-7H2. The van der Waals surface area contributed by atoms with E-state index in [0.29, 0.717) is 0 Å². The quantitative estimate of drug-likeness (QED) is 0.900. The molecule has 2 aromatic rings. The van der Waals surface area contributed by atoms with Crippen LogP contribution in [-0.4, -0.2) is 21.0 Å². The number of nitrogens with zero attached hydrogens (tertiary/aromatic N) is 2. The number of hydrogen-bond acceptors (Lipinski definition) is 2. The van der Waals surface area contributed by atoms with Crippen molar-refractivity contribution in [3.8, 4) is 11.1 Å². The van der Waals surface area contributed by atoms with Gasteiger partial charge in [0.05, 0.1) is 18.3 Å². The van der Waals surface area contributed by atoms with Crippen LogP contribution in [-0.2, 0) is 0 Å². The van der Waals surface area contributed by atoms with Crippen LogP contribution in [0.1, 0.15) is 31.7 Å². The van der Waals surface area contributed by atoms with E-state index in [2.05, 4.69) is 5.10 Å². The van der Waals surface area contributed by atoms with E-state index in [1.807, 2.05) is 16.9 Å². The van der Waals surface area contributed by atoms with Crippen molar-refractivity contribution in [1.82, 2.24) is 9.78 Å². The van der Waals surface area contributed by atoms with Gasteiger partial charge in [-0.1, -0.05) is 25.0 Å². The molecule has 1 aromatic heterocycles. The summed E-state index contributed by atoms with van der Waals surface area (Å²) in [6, 6.07) is 6.53. The van der Waals surface area contributed by atoms with Crippen LogP contribution in [0.3, 0.4) is 0 Å². The molecule has 3 rings (SSSR count). The average molecular weight is 260 g/mol. The third-order valence-electron chi connectivity index (χ3n) is 3.79. The summed E-state index contributed by atoms with van der Waals surface area (Å²) in [5.41, 5.74) is 1.70. The molecular weight excluding hydrogens is 243 g/mol. The number of benzene rings is 1. The first-order chi connectivity index (χ1) is 9.24. The van der Waals surface area contributed by atoms with Crippen LogP contribution in [0.4, 0.5) is 4.39 Å². The molecule has 1 heterocycles. The third kappa shape index (κ3) is 2.54. The lowest BCUT2D eigenvalue weighted by Crippen LogP contribution is -2.27. The van der Waals surface area contributed by atoms with Crippen molar-refractivity contribution in [2.45, 2.75) is 37.8 Å². The Morgan fingerprint density at radius 3 is 2.84 bits per heavy atom. The van der Waals surface area contributed by atoms with Crippen molar-refractivity contribution >= 4 is 0 Å². The maximum atomic E-state index is 13.2. The van der Waals surface area contributed by atoms with Gasteiger partial charge in [0.2, 0.25) is 0 Å². The molecule has 1 N–H and O–H groups in total. The fourth-order valence-electron chi connectivity index (χ4n) is 2.74. The molecule has 1 saturated carbocycles. The number of rotatable bonds is 2. The summed E-state index contributed by atoms with van der Waals surface area (Å²) >= 11 is 0. The first-order valence-electron chi connectivity index (χ1n) is 6.72. The van der Waals surface area contributed by atoms with Crippen molar-refractivity contribution in [3.63, 3.8) is 0 Å². The molecule has 19 heavy (non-hydrogen) atoms. The molecule has 0 bridgehead atoms. The summed E-state index contributed by atoms with van der Waals surface area (Å²) in [6.45, 7) is 0. The van der Waals surface area contributed by atoms with Crippen molar-refractivity contribution in [2.24, 2.45) is 0 Å². The zero-order chi connectivity index (χ0) is 13.2. The Morgan fingerprint density at radius 2 is 2.05 bits per heavy atom. The summed E-state index contributed by atoms with van der Waals surface area (Å²) in [7, 11) is 0. The number of halogens is 1. The second-order valence-electron chi connectivity index (χ2n) is 5.14. The van der Waals surface area contributed by atoms with Gasteiger partial charge in [-0.15, -0.1) is 0 Å². The van der Waals surface area contributed by atoms with Crippen LogP contribution in [0.2, 0.25) is 0 Å². The summed E-state index contributed by atoms with van der Waals surface area (Å²) < 4.78 is 15.0. The van der Waals surface area contributed by atoms with Gasteiger partial charge in [0.1, 0.15) is 5.82 Å². The topological polar surface area (TPSA) is 38.0 Å². The Hall–Kier alpha value is -1.68. The number of aliphatic hydroxyl groups excluding tert-OH is 1. The zero-order valence-corrected chi connectivity index (χ0v) is 10.7. The molecule has 0 amide bonds. The number of hydrogen-bond donors (Lipinski definition) is 1. The second-order valence-corrected chi connectivity index (χ2v) is 5.14. The molecule has 1 aromatic carbocycles. The van der Waals surface area contributed by atoms with Crippen LogP contribution >= 0.6 is 0 Å². The van der Waals surface area contributed by atoms with Gasteiger partial charge in [0.15, 0.2) is 0 Å². The largest absolute Gasteiger partial charge is 0.391 e. The van der Waals surface area contributed by atoms with Gasteiger partial charge in [-0.05, 0) is 30.5 Å². The summed E-state index contributed by atoms with van der Waals surface area (Å²) in [4.78, 5) is 0. The molecule has 100 valence electrons. The molecule has 1 aliphatic rings. The van der Waals surface area contributed by atoms with E-state index in [1.54, 1.807) is 12.3 Å². The van der Waals surface area contributed by atoms with E-state index >= 15 is 0 Å². The van der Waals surface area contributed by atoms with Crippen LogP contribution in [0.15, 0.2) is 36.7 Å². The highest BCUT2D eigenvalue weighted by molar-refractivity contribution is 5.61. The molecule has 1 fully saturated rings. The third-order valence-corrected chi connectivity index (χ3v) is 3.79. The normalized spacial score (nSPS) is 23.5. The molecule has 3 nitrogen and oxygen atoms in total. The van der Waals surface area contributed by atoms with Crippen LogP contribution in [0.5, 0.6) is 0 Å². The summed E-state index contributed by atoms with van der Waals surface area (Å²) in [6.07, 6.45) is 7.29. The Balaban J connectivity index is 1.86. The van der Waals surface area contributed by atoms with Gasteiger partial charge in [0, 0.05) is 11.8 Å². The predicted octanol–water partition coefficient (Wildman–Crippen LogP) is 3.17. The average Bonchev–Trinajstić information content (AvgIpc) is 2.89. The monoisotopic (exact) mass is 260 g/mol. The first-order valence-corrected chi connectivity index (χ1v) is 6.72. The molecule has 2 unspecified atom stereocenters. The Morgan fingerprint density at radius 1 is 1.21 bits per heavy atom. The minimum Gasteiger partial charge on any atom is -0.391 e. The lowest BCUT2D eigenvalue weighted by atomic mass is 9.93. The Bertz CT molecular complexity index is 567. The smallest absolute Gasteiger partial charge is 0.123 e. The summed E-state index contributed by atoms with van der Waals surface area (Å²) in [5.74, 6) is -0.247. The molecule has 4 heteroatoms. The molecule has 0 radical (unpaired) electrons. The molecule has 2 atom stereocenters. The van der Waals surface area contributed by atoms with Crippen LogP contribution in [0.25, 0.3) is 11.1 Å². The van der Waals surface area contributed by atoms with Crippen molar-refractivity contribution in [1.29, 1.82) is 0 Å². The lowest BCUT2D eigenvalue weighted by molar-refractivity contribution is 0.0695. The van der Waals surface area contributed by atoms with E-state index in [0.717, 1.165) is 36.8 Å². The highest BCUT2D eigenvalue weighted by Crippen LogP contribution is 2.29. The predicted molar refractivity (Wildman–Crippen MR) is 71.1 cm³/mol. The van der Waals surface area contributed by atoms with Gasteiger partial charge >= 0.3 is 0 Å². The van der Waals surface area contributed by atoms with E-state index in [9.17, 15) is 9.50 Å². The van der Waals surface area contributed by atoms with Crippen LogP contribution < -0.4 is 0 Å². The fourth-order valence-corrected chi connectivity index (χ4v) is 2.74. The second kappa shape index (κ2) is 5.13. The lowest BCUT2D eigenvalue weighted by Gasteiger charge is -2.27. The molecule has 0 spiro atoms. The SMILES string of the molecule is OC1CCCCC1n1cc(-c2cccc(F)c2)cn1. The molecular formula is C15H17FN2O. The minimum atomic E-state index is -0.325. The molecule has 0 aliphatic heterocycles. The van der Waals surface area contributed by atoms with Gasteiger partial charge < -0.3 is 5.11 Å². The van der Waals surface area contributed by atoms with Crippen LogP contribution in [0, 0.1) is 5.82 Å². The van der Waals surface area contributed by atoms with E-state index in [1.165, 1.54) is 12.1 Å². The van der Waals surface area contributed by atoms with Gasteiger partial charge in [-0.25, -0.2) is 4.39 Å². The zero-order valence-electron chi connectivity index (χ0n) is 10.7. The summed E-state index contributed by atoms with van der Waals surface area (Å²) in [5, 5.41) is 14.4. The van der Waals surface area contributed by atoms with Gasteiger partial charge in [-0.3, -0.25) is 4.68 Å². The molecule has 0 saturated heterocycles. The molecule has 1 aliphatic carbocycles. The minimum absolute atomic E-state index is 0.0519. The number of aliphatic hydroxyl groups is 1.